The second kappa shape index (κ2) is 4.67. The first-order valence-corrected chi connectivity index (χ1v) is 5.55. The Balaban J connectivity index is 3.03. The van der Waals surface area contributed by atoms with Crippen LogP contribution in [0.5, 0.6) is 0 Å². The Labute approximate surface area is 84.7 Å². The van der Waals surface area contributed by atoms with Crippen LogP contribution in [0.3, 0.4) is 0 Å². The van der Waals surface area contributed by atoms with E-state index >= 15 is 0 Å². The Bertz CT molecular complexity index is 286. The third kappa shape index (κ3) is 2.35. The van der Waals surface area contributed by atoms with Crippen LogP contribution < -0.4 is 0 Å². The molecule has 1 aromatic rings. The van der Waals surface area contributed by atoms with Gasteiger partial charge in [0.1, 0.15) is 6.29 Å². The number of carbonyl (C=O) groups excluding carboxylic acids is 1. The average molecular weight is 245 g/mol. The van der Waals surface area contributed by atoms with Gasteiger partial charge < -0.3 is 4.79 Å². The van der Waals surface area contributed by atoms with E-state index in [4.69, 9.17) is 0 Å². The number of hydrogen-bond acceptors (Lipinski definition) is 2. The molecule has 0 spiro atoms. The molecule has 0 bridgehead atoms. The molecule has 0 saturated carbocycles. The van der Waals surface area contributed by atoms with Gasteiger partial charge in [0.25, 0.3) is 0 Å². The lowest BCUT2D eigenvalue weighted by Crippen LogP contribution is -1.88. The molecule has 0 aromatic heterocycles. The van der Waals surface area contributed by atoms with Crippen LogP contribution in [0.1, 0.15) is 5.56 Å². The van der Waals surface area contributed by atoms with Gasteiger partial charge in [-0.3, -0.25) is 0 Å². The second-order valence-corrected chi connectivity index (χ2v) is 4.09. The molecule has 0 aliphatic heterocycles. The highest BCUT2D eigenvalue weighted by Crippen LogP contribution is 2.23. The van der Waals surface area contributed by atoms with Crippen molar-refractivity contribution in [1.29, 1.82) is 0 Å². The molecule has 0 aliphatic rings. The number of benzene rings is 1. The van der Waals surface area contributed by atoms with E-state index in [9.17, 15) is 4.79 Å². The molecular weight excluding hydrogens is 236 g/mol. The lowest BCUT2D eigenvalue weighted by Gasteiger charge is -2.03. The van der Waals surface area contributed by atoms with Crippen LogP contribution in [-0.4, -0.2) is 12.5 Å². The van der Waals surface area contributed by atoms with Gasteiger partial charge in [-0.2, -0.15) is 0 Å². The van der Waals surface area contributed by atoms with Gasteiger partial charge in [-0.15, -0.1) is 11.8 Å². The SMILES string of the molecule is CSc1ccc(Br)cc1CC=O. The van der Waals surface area contributed by atoms with Crippen LogP contribution in [0.2, 0.25) is 0 Å². The molecule has 12 heavy (non-hydrogen) atoms. The van der Waals surface area contributed by atoms with Crippen LogP contribution in [0, 0.1) is 0 Å². The van der Waals surface area contributed by atoms with E-state index < -0.39 is 0 Å². The van der Waals surface area contributed by atoms with Gasteiger partial charge in [-0.1, -0.05) is 15.9 Å². The fraction of sp³-hybridized carbons (Fsp3) is 0.222. The lowest BCUT2D eigenvalue weighted by molar-refractivity contribution is -0.107. The topological polar surface area (TPSA) is 17.1 Å². The Kier molecular flexibility index (Phi) is 3.82. The molecule has 1 rings (SSSR count). The molecule has 0 heterocycles. The summed E-state index contributed by atoms with van der Waals surface area (Å²) in [5.74, 6) is 0. The third-order valence-electron chi connectivity index (χ3n) is 1.55. The molecular formula is C9H9BrOS. The maximum Gasteiger partial charge on any atom is 0.124 e. The Morgan fingerprint density at radius 2 is 2.33 bits per heavy atom. The number of carbonyl (C=O) groups is 1. The summed E-state index contributed by atoms with van der Waals surface area (Å²) >= 11 is 5.03. The zero-order valence-corrected chi connectivity index (χ0v) is 9.11. The van der Waals surface area contributed by atoms with Gasteiger partial charge in [0.15, 0.2) is 0 Å². The minimum Gasteiger partial charge on any atom is -0.303 e. The molecule has 1 aromatic carbocycles. The van der Waals surface area contributed by atoms with E-state index in [1.54, 1.807) is 11.8 Å². The predicted octanol–water partition coefficient (Wildman–Crippen LogP) is 2.91. The lowest BCUT2D eigenvalue weighted by atomic mass is 10.2. The van der Waals surface area contributed by atoms with Crippen molar-refractivity contribution in [3.63, 3.8) is 0 Å². The Morgan fingerprint density at radius 3 is 2.92 bits per heavy atom. The number of hydrogen-bond donors (Lipinski definition) is 0. The van der Waals surface area contributed by atoms with Crippen LogP contribution in [-0.2, 0) is 11.2 Å². The van der Waals surface area contributed by atoms with Crippen molar-refractivity contribution in [3.05, 3.63) is 28.2 Å². The van der Waals surface area contributed by atoms with E-state index in [1.807, 2.05) is 24.5 Å². The summed E-state index contributed by atoms with van der Waals surface area (Å²) < 4.78 is 1.03. The Morgan fingerprint density at radius 1 is 1.58 bits per heavy atom. The van der Waals surface area contributed by atoms with Crippen molar-refractivity contribution in [2.24, 2.45) is 0 Å². The van der Waals surface area contributed by atoms with E-state index in [1.165, 1.54) is 4.90 Å². The molecule has 0 atom stereocenters. The zero-order valence-electron chi connectivity index (χ0n) is 6.71. The number of aldehydes is 1. The molecule has 0 radical (unpaired) electrons. The minimum absolute atomic E-state index is 0.496. The largest absolute Gasteiger partial charge is 0.303 e. The first-order valence-electron chi connectivity index (χ1n) is 3.54. The van der Waals surface area contributed by atoms with E-state index in [0.29, 0.717) is 6.42 Å². The van der Waals surface area contributed by atoms with Crippen LogP contribution in [0.15, 0.2) is 27.6 Å². The molecule has 0 saturated heterocycles. The average Bonchev–Trinajstić information content (AvgIpc) is 2.05. The molecule has 0 amide bonds. The molecule has 1 nitrogen and oxygen atoms in total. The van der Waals surface area contributed by atoms with Gasteiger partial charge in [0, 0.05) is 15.8 Å². The maximum atomic E-state index is 10.3. The van der Waals surface area contributed by atoms with Crippen LogP contribution in [0.4, 0.5) is 0 Å². The summed E-state index contributed by atoms with van der Waals surface area (Å²) in [5, 5.41) is 0. The fourth-order valence-electron chi connectivity index (χ4n) is 0.996. The zero-order chi connectivity index (χ0) is 8.97. The van der Waals surface area contributed by atoms with Crippen molar-refractivity contribution in [2.75, 3.05) is 6.26 Å². The quantitative estimate of drug-likeness (QED) is 0.601. The van der Waals surface area contributed by atoms with E-state index in [0.717, 1.165) is 16.3 Å². The number of thioether (sulfide) groups is 1. The number of rotatable bonds is 3. The summed E-state index contributed by atoms with van der Waals surface area (Å²) in [7, 11) is 0. The summed E-state index contributed by atoms with van der Waals surface area (Å²) in [4.78, 5) is 11.5. The first-order chi connectivity index (χ1) is 5.77. The predicted molar refractivity (Wildman–Crippen MR) is 55.7 cm³/mol. The van der Waals surface area contributed by atoms with Crippen molar-refractivity contribution in [2.45, 2.75) is 11.3 Å². The van der Waals surface area contributed by atoms with Crippen molar-refractivity contribution < 1.29 is 4.79 Å². The van der Waals surface area contributed by atoms with Gasteiger partial charge in [-0.25, -0.2) is 0 Å². The van der Waals surface area contributed by atoms with Crippen molar-refractivity contribution in [1.82, 2.24) is 0 Å². The first kappa shape index (κ1) is 9.81. The van der Waals surface area contributed by atoms with Crippen LogP contribution >= 0.6 is 27.7 Å². The second-order valence-electron chi connectivity index (χ2n) is 2.33. The van der Waals surface area contributed by atoms with Crippen molar-refractivity contribution >= 4 is 34.0 Å². The fourth-order valence-corrected chi connectivity index (χ4v) is 2.01. The van der Waals surface area contributed by atoms with Gasteiger partial charge in [-0.05, 0) is 30.0 Å². The van der Waals surface area contributed by atoms with E-state index in [-0.39, 0.29) is 0 Å². The molecule has 0 fully saturated rings. The summed E-state index contributed by atoms with van der Waals surface area (Å²) in [6, 6.07) is 5.99. The third-order valence-corrected chi connectivity index (χ3v) is 2.88. The molecule has 64 valence electrons. The Hall–Kier alpha value is -0.280. The standard InChI is InChI=1S/C9H9BrOS/c1-12-9-3-2-8(10)6-7(9)4-5-11/h2-3,5-6H,4H2,1H3. The highest BCUT2D eigenvalue weighted by atomic mass is 79.9. The minimum atomic E-state index is 0.496. The summed E-state index contributed by atoms with van der Waals surface area (Å²) in [5.41, 5.74) is 1.09. The van der Waals surface area contributed by atoms with Gasteiger partial charge in [0.05, 0.1) is 0 Å². The molecule has 3 heteroatoms. The normalized spacial score (nSPS) is 9.83. The maximum absolute atomic E-state index is 10.3. The smallest absolute Gasteiger partial charge is 0.124 e. The molecule has 0 unspecified atom stereocenters. The summed E-state index contributed by atoms with van der Waals surface area (Å²) in [6.45, 7) is 0. The summed E-state index contributed by atoms with van der Waals surface area (Å²) in [6.07, 6.45) is 3.44. The van der Waals surface area contributed by atoms with Gasteiger partial charge in [0.2, 0.25) is 0 Å². The van der Waals surface area contributed by atoms with Crippen molar-refractivity contribution in [3.8, 4) is 0 Å². The number of halogens is 1. The monoisotopic (exact) mass is 244 g/mol. The molecule has 0 aliphatic carbocycles. The van der Waals surface area contributed by atoms with Crippen LogP contribution in [0.25, 0.3) is 0 Å². The highest BCUT2D eigenvalue weighted by Gasteiger charge is 2.00. The molecule has 0 N–H and O–H groups in total. The highest BCUT2D eigenvalue weighted by molar-refractivity contribution is 9.10. The van der Waals surface area contributed by atoms with E-state index in [2.05, 4.69) is 15.9 Å². The van der Waals surface area contributed by atoms with Gasteiger partial charge >= 0.3 is 0 Å².